The molecule has 1 N–H and O–H groups in total. The molecule has 0 saturated carbocycles. The number of hydrogen-bond donors (Lipinski definition) is 1. The highest BCUT2D eigenvalue weighted by Crippen LogP contribution is 2.19. The van der Waals surface area contributed by atoms with Gasteiger partial charge in [-0.3, -0.25) is 4.79 Å². The Morgan fingerprint density at radius 2 is 2.19 bits per heavy atom. The van der Waals surface area contributed by atoms with Crippen LogP contribution in [0.15, 0.2) is 6.20 Å². The van der Waals surface area contributed by atoms with Crippen LogP contribution in [0.5, 0.6) is 0 Å². The number of halogens is 3. The van der Waals surface area contributed by atoms with Crippen molar-refractivity contribution in [3.8, 4) is 0 Å². The molecule has 0 spiro atoms. The molecule has 0 aliphatic rings. The molecule has 1 heterocycles. The zero-order chi connectivity index (χ0) is 12.3. The molecule has 1 rings (SSSR count). The van der Waals surface area contributed by atoms with E-state index in [1.165, 1.54) is 13.8 Å². The first-order valence-corrected chi connectivity index (χ1v) is 4.55. The number of rotatable bonds is 3. The molecule has 0 unspecified atom stereocenters. The van der Waals surface area contributed by atoms with Gasteiger partial charge in [0.25, 0.3) is 5.91 Å². The fourth-order valence-electron chi connectivity index (χ4n) is 1.13. The Morgan fingerprint density at radius 1 is 1.56 bits per heavy atom. The average molecular weight is 236 g/mol. The number of nitrogens with zero attached hydrogens (tertiary/aromatic N) is 3. The lowest BCUT2D eigenvalue weighted by Crippen LogP contribution is -2.43. The van der Waals surface area contributed by atoms with Gasteiger partial charge in [-0.2, -0.15) is 28.6 Å². The topological polar surface area (TPSA) is 61.9 Å². The molecule has 1 amide bonds. The Balaban J connectivity index is 2.83. The summed E-state index contributed by atoms with van der Waals surface area (Å²) < 4.78 is 36.7. The number of carbonyl (C=O) groups excluding carboxylic acids is 1. The molecule has 16 heavy (non-hydrogen) atoms. The largest absolute Gasteiger partial charge is 0.406 e. The van der Waals surface area contributed by atoms with Gasteiger partial charge in [0.2, 0.25) is 0 Å². The number of amides is 1. The molecule has 0 aromatic carbocycles. The second-order valence-electron chi connectivity index (χ2n) is 3.50. The maximum atomic E-state index is 12.2. The van der Waals surface area contributed by atoms with E-state index in [0.717, 1.165) is 6.20 Å². The summed E-state index contributed by atoms with van der Waals surface area (Å²) in [6, 6.07) is -0.564. The monoisotopic (exact) mass is 236 g/mol. The van der Waals surface area contributed by atoms with Gasteiger partial charge in [0, 0.05) is 6.04 Å². The third kappa shape index (κ3) is 3.21. The van der Waals surface area contributed by atoms with Gasteiger partial charge >= 0.3 is 6.18 Å². The van der Waals surface area contributed by atoms with Gasteiger partial charge < -0.3 is 4.90 Å². The summed E-state index contributed by atoms with van der Waals surface area (Å²) in [4.78, 5) is 12.3. The molecule has 0 saturated heterocycles. The summed E-state index contributed by atoms with van der Waals surface area (Å²) in [6.07, 6.45) is -3.34. The molecule has 5 nitrogen and oxygen atoms in total. The minimum atomic E-state index is -4.43. The highest BCUT2D eigenvalue weighted by Gasteiger charge is 2.35. The maximum Gasteiger partial charge on any atom is 0.406 e. The van der Waals surface area contributed by atoms with Gasteiger partial charge in [0.15, 0.2) is 5.69 Å². The molecule has 8 heteroatoms. The van der Waals surface area contributed by atoms with Gasteiger partial charge in [-0.15, -0.1) is 0 Å². The van der Waals surface area contributed by atoms with Crippen LogP contribution >= 0.6 is 0 Å². The van der Waals surface area contributed by atoms with Crippen molar-refractivity contribution in [2.75, 3.05) is 6.54 Å². The maximum absolute atomic E-state index is 12.2. The zero-order valence-electron chi connectivity index (χ0n) is 8.75. The van der Waals surface area contributed by atoms with Crippen molar-refractivity contribution in [3.05, 3.63) is 11.9 Å². The lowest BCUT2D eigenvalue weighted by molar-refractivity contribution is -0.143. The van der Waals surface area contributed by atoms with Crippen molar-refractivity contribution in [3.63, 3.8) is 0 Å². The summed E-state index contributed by atoms with van der Waals surface area (Å²) in [5.74, 6) is -0.791. The van der Waals surface area contributed by atoms with Crippen molar-refractivity contribution in [1.82, 2.24) is 20.3 Å². The van der Waals surface area contributed by atoms with Crippen molar-refractivity contribution in [2.24, 2.45) is 0 Å². The Bertz CT molecular complexity index is 347. The summed E-state index contributed by atoms with van der Waals surface area (Å²) >= 11 is 0. The van der Waals surface area contributed by atoms with Crippen LogP contribution in [0, 0.1) is 0 Å². The molecule has 0 bridgehead atoms. The van der Waals surface area contributed by atoms with E-state index in [9.17, 15) is 18.0 Å². The number of nitrogens with one attached hydrogen (secondary N) is 1. The summed E-state index contributed by atoms with van der Waals surface area (Å²) in [5.41, 5.74) is -0.127. The van der Waals surface area contributed by atoms with Gasteiger partial charge in [-0.1, -0.05) is 0 Å². The van der Waals surface area contributed by atoms with Crippen molar-refractivity contribution in [1.29, 1.82) is 0 Å². The Morgan fingerprint density at radius 3 is 2.56 bits per heavy atom. The van der Waals surface area contributed by atoms with Crippen LogP contribution in [0.3, 0.4) is 0 Å². The van der Waals surface area contributed by atoms with Gasteiger partial charge in [0.05, 0.1) is 6.20 Å². The first kappa shape index (κ1) is 12.5. The van der Waals surface area contributed by atoms with E-state index in [0.29, 0.717) is 4.90 Å². The predicted octanol–water partition coefficient (Wildman–Crippen LogP) is 1.22. The molecule has 0 aliphatic heterocycles. The third-order valence-electron chi connectivity index (χ3n) is 1.87. The van der Waals surface area contributed by atoms with Gasteiger partial charge in [-0.05, 0) is 13.8 Å². The number of carbonyl (C=O) groups is 1. The fourth-order valence-corrected chi connectivity index (χ4v) is 1.13. The lowest BCUT2D eigenvalue weighted by Gasteiger charge is -2.26. The molecule has 0 fully saturated rings. The second-order valence-corrected chi connectivity index (χ2v) is 3.50. The molecule has 1 aromatic heterocycles. The Hall–Kier alpha value is -1.60. The molecular weight excluding hydrogens is 225 g/mol. The number of alkyl halides is 3. The average Bonchev–Trinajstić information content (AvgIpc) is 2.63. The van der Waals surface area contributed by atoms with E-state index in [1.807, 2.05) is 0 Å². The second kappa shape index (κ2) is 4.50. The van der Waals surface area contributed by atoms with Crippen LogP contribution in [0.25, 0.3) is 0 Å². The third-order valence-corrected chi connectivity index (χ3v) is 1.87. The van der Waals surface area contributed by atoms with E-state index >= 15 is 0 Å². The normalized spacial score (nSPS) is 11.9. The van der Waals surface area contributed by atoms with Crippen molar-refractivity contribution >= 4 is 5.91 Å². The summed E-state index contributed by atoms with van der Waals surface area (Å²) in [7, 11) is 0. The van der Waals surface area contributed by atoms with Crippen molar-refractivity contribution in [2.45, 2.75) is 26.1 Å². The number of H-pyrrole nitrogens is 1. The van der Waals surface area contributed by atoms with E-state index in [2.05, 4.69) is 15.4 Å². The summed E-state index contributed by atoms with van der Waals surface area (Å²) in [6.45, 7) is 1.71. The van der Waals surface area contributed by atoms with Crippen LogP contribution in [-0.2, 0) is 0 Å². The van der Waals surface area contributed by atoms with E-state index < -0.39 is 24.7 Å². The van der Waals surface area contributed by atoms with Crippen molar-refractivity contribution < 1.29 is 18.0 Å². The molecule has 0 radical (unpaired) electrons. The van der Waals surface area contributed by atoms with E-state index in [1.54, 1.807) is 0 Å². The highest BCUT2D eigenvalue weighted by atomic mass is 19.4. The molecule has 1 aromatic rings. The minimum Gasteiger partial charge on any atom is -0.326 e. The SMILES string of the molecule is CC(C)N(CC(F)(F)F)C(=O)c1cn[nH]n1. The first-order valence-electron chi connectivity index (χ1n) is 4.55. The van der Waals surface area contributed by atoms with Crippen LogP contribution in [0.2, 0.25) is 0 Å². The van der Waals surface area contributed by atoms with Crippen LogP contribution < -0.4 is 0 Å². The molecule has 0 atom stereocenters. The summed E-state index contributed by atoms with van der Waals surface area (Å²) in [5, 5.41) is 9.01. The first-order chi connectivity index (χ1) is 7.31. The van der Waals surface area contributed by atoms with E-state index in [-0.39, 0.29) is 5.69 Å². The van der Waals surface area contributed by atoms with E-state index in [4.69, 9.17) is 0 Å². The smallest absolute Gasteiger partial charge is 0.326 e. The quantitative estimate of drug-likeness (QED) is 0.858. The van der Waals surface area contributed by atoms with Gasteiger partial charge in [-0.25, -0.2) is 0 Å². The Kier molecular flexibility index (Phi) is 3.51. The Labute approximate surface area is 89.6 Å². The van der Waals surface area contributed by atoms with Crippen LogP contribution in [-0.4, -0.2) is 45.0 Å². The molecular formula is C8H11F3N4O. The number of aromatic amines is 1. The molecule has 90 valence electrons. The standard InChI is InChI=1S/C8H11F3N4O/c1-5(2)15(4-8(9,10)11)7(16)6-3-12-14-13-6/h3,5H,4H2,1-2H3,(H,12,13,14). The number of hydrogen-bond acceptors (Lipinski definition) is 3. The lowest BCUT2D eigenvalue weighted by atomic mass is 10.2. The minimum absolute atomic E-state index is 0.127. The number of aromatic nitrogens is 3. The van der Waals surface area contributed by atoms with Crippen LogP contribution in [0.1, 0.15) is 24.3 Å². The zero-order valence-corrected chi connectivity index (χ0v) is 8.75. The predicted molar refractivity (Wildman–Crippen MR) is 48.6 cm³/mol. The fraction of sp³-hybridized carbons (Fsp3) is 0.625. The van der Waals surface area contributed by atoms with Gasteiger partial charge in [0.1, 0.15) is 6.54 Å². The molecule has 0 aliphatic carbocycles. The van der Waals surface area contributed by atoms with Crippen LogP contribution in [0.4, 0.5) is 13.2 Å². The highest BCUT2D eigenvalue weighted by molar-refractivity contribution is 5.92.